The van der Waals surface area contributed by atoms with E-state index in [4.69, 9.17) is 42.7 Å². The molecule has 5 aromatic carbocycles. The molecule has 0 aliphatic carbocycles. The van der Waals surface area contributed by atoms with Crippen molar-refractivity contribution in [3.63, 3.8) is 0 Å². The molecule has 8 rings (SSSR count). The molecule has 0 spiro atoms. The summed E-state index contributed by atoms with van der Waals surface area (Å²) in [5.74, 6) is -2.83. The number of allylic oxidation sites excluding steroid dienone is 6. The van der Waals surface area contributed by atoms with Gasteiger partial charge in [0.25, 0.3) is 42.2 Å². The zero-order valence-corrected chi connectivity index (χ0v) is 56.3. The number of hydrogen-bond donors (Lipinski definition) is 3. The van der Waals surface area contributed by atoms with E-state index >= 15 is 0 Å². The van der Waals surface area contributed by atoms with Crippen molar-refractivity contribution in [1.29, 1.82) is 0 Å². The fourth-order valence-corrected chi connectivity index (χ4v) is 14.0. The van der Waals surface area contributed by atoms with Crippen molar-refractivity contribution in [3.8, 4) is 0 Å². The second kappa shape index (κ2) is 32.8. The lowest BCUT2D eigenvalue weighted by molar-refractivity contribution is -0.437. The Labute approximate surface area is 549 Å². The van der Waals surface area contributed by atoms with Gasteiger partial charge in [0, 0.05) is 93.1 Å². The second-order valence-corrected chi connectivity index (χ2v) is 27.6. The standard InChI is InChI=1S/C67H83N3O21S3/c1-7-28-68-56-20-14-49-12-17-51(93(77,78)79)46-55(49)64(56)67(4,27-31-86-37-39-90-43-41-88-35-33-84-6)59(68)22-15-48(52-18-13-50(45-47(52)2)65(73)91-70-61(71)24-25-62(70)72)16-23-60-66(3,26-30-85-36-38-89-42-40-87-34-32-83-5)63-54-10-8-11-58(94(80,81)82)53(54)19-21-57(63)69(60)29-9-44-92(74,75)76/h8,10-23,45-46H,7,9,24-44H2,1-6H3,(H2-,74,75,76,77,78,79,80,81,82)/p+1. The van der Waals surface area contributed by atoms with Crippen LogP contribution in [0.15, 0.2) is 119 Å². The lowest BCUT2D eigenvalue weighted by atomic mass is 9.74. The van der Waals surface area contributed by atoms with Gasteiger partial charge in [-0.2, -0.15) is 29.8 Å². The summed E-state index contributed by atoms with van der Waals surface area (Å²) in [6.07, 6.45) is 8.70. The number of aryl methyl sites for hydroxylation is 1. The van der Waals surface area contributed by atoms with Gasteiger partial charge in [-0.3, -0.25) is 23.2 Å². The Morgan fingerprint density at radius 1 is 0.649 bits per heavy atom. The smallest absolute Gasteiger partial charge is 0.363 e. The van der Waals surface area contributed by atoms with Crippen LogP contribution in [-0.2, 0) is 93.5 Å². The molecule has 3 N–H and O–H groups in total. The number of fused-ring (bicyclic) bond motifs is 6. The van der Waals surface area contributed by atoms with Gasteiger partial charge in [-0.15, -0.1) is 5.06 Å². The van der Waals surface area contributed by atoms with Crippen LogP contribution in [0, 0.1) is 6.92 Å². The highest BCUT2D eigenvalue weighted by Crippen LogP contribution is 2.54. The summed E-state index contributed by atoms with van der Waals surface area (Å²) < 4.78 is 155. The fourth-order valence-electron chi connectivity index (χ4n) is 12.3. The topological polar surface area (TPSA) is 307 Å². The Kier molecular flexibility index (Phi) is 25.6. The Balaban J connectivity index is 1.29. The summed E-state index contributed by atoms with van der Waals surface area (Å²) in [6.45, 7) is 12.9. The minimum absolute atomic E-state index is 0.0375. The number of hydrogen-bond acceptors (Lipinski definition) is 19. The van der Waals surface area contributed by atoms with Crippen LogP contribution in [0.2, 0.25) is 0 Å². The van der Waals surface area contributed by atoms with Gasteiger partial charge in [-0.1, -0.05) is 43.3 Å². The second-order valence-electron chi connectivity index (χ2n) is 23.3. The average Bonchev–Trinajstić information content (AvgIpc) is 1.56. The molecular weight excluding hydrogens is 1280 g/mol. The first-order valence-electron chi connectivity index (χ1n) is 31.1. The molecule has 5 aromatic rings. The number of anilines is 1. The third kappa shape index (κ3) is 17.9. The van der Waals surface area contributed by atoms with Gasteiger partial charge in [-0.05, 0) is 133 Å². The number of rotatable bonds is 38. The molecule has 510 valence electrons. The lowest BCUT2D eigenvalue weighted by Gasteiger charge is -2.31. The third-order valence-electron chi connectivity index (χ3n) is 16.8. The molecule has 3 aliphatic rings. The molecule has 3 heterocycles. The van der Waals surface area contributed by atoms with Crippen LogP contribution in [0.3, 0.4) is 0 Å². The SMILES string of the molecule is CCCN1/C(=C/C=C(/C=C/C2=[N+](CCCS(=O)(=O)O)c3ccc4c(S(=O)(=O)O)cccc4c3C2(C)CCOCCOCCOCCOC)c2ccc(C(=O)ON3C(=O)CCC3=O)cc2C)C(C)(CCOCCOCCOCCOC)c2c1ccc1ccc(S(=O)(=O)O)cc21. The summed E-state index contributed by atoms with van der Waals surface area (Å²) in [5, 5.41) is 2.51. The van der Waals surface area contributed by atoms with Crippen LogP contribution in [0.5, 0.6) is 0 Å². The molecule has 2 amide bonds. The molecule has 3 aliphatic heterocycles. The van der Waals surface area contributed by atoms with Crippen LogP contribution in [0.4, 0.5) is 11.4 Å². The number of imide groups is 1. The Morgan fingerprint density at radius 2 is 1.23 bits per heavy atom. The largest absolute Gasteiger partial charge is 0.382 e. The monoisotopic (exact) mass is 1360 g/mol. The fraction of sp³-hybridized carbons (Fsp3) is 0.463. The molecule has 2 unspecified atom stereocenters. The molecule has 1 fully saturated rings. The van der Waals surface area contributed by atoms with Gasteiger partial charge in [-0.25, -0.2) is 4.79 Å². The van der Waals surface area contributed by atoms with Gasteiger partial charge in [0.15, 0.2) is 5.71 Å². The number of benzene rings is 5. The van der Waals surface area contributed by atoms with E-state index in [0.29, 0.717) is 122 Å². The number of hydroxylamine groups is 2. The highest BCUT2D eigenvalue weighted by Gasteiger charge is 2.49. The van der Waals surface area contributed by atoms with Crippen molar-refractivity contribution in [2.45, 2.75) is 86.8 Å². The van der Waals surface area contributed by atoms with E-state index < -0.39 is 64.7 Å². The first-order valence-corrected chi connectivity index (χ1v) is 35.5. The molecule has 94 heavy (non-hydrogen) atoms. The van der Waals surface area contributed by atoms with Gasteiger partial charge >= 0.3 is 5.97 Å². The van der Waals surface area contributed by atoms with Crippen molar-refractivity contribution in [2.75, 3.05) is 130 Å². The maximum absolute atomic E-state index is 13.7. The summed E-state index contributed by atoms with van der Waals surface area (Å²) in [4.78, 5) is 45.7. The number of amides is 2. The van der Waals surface area contributed by atoms with E-state index in [-0.39, 0.29) is 92.6 Å². The number of nitrogens with zero attached hydrogens (tertiary/aromatic N) is 3. The van der Waals surface area contributed by atoms with E-state index in [1.54, 1.807) is 57.5 Å². The molecule has 1 saturated heterocycles. The average molecular weight is 1360 g/mol. The number of methoxy groups -OCH3 is 2. The minimum atomic E-state index is -4.75. The van der Waals surface area contributed by atoms with Crippen LogP contribution >= 0.6 is 0 Å². The van der Waals surface area contributed by atoms with E-state index in [1.807, 2.05) is 54.9 Å². The van der Waals surface area contributed by atoms with Crippen molar-refractivity contribution in [1.82, 2.24) is 5.06 Å². The van der Waals surface area contributed by atoms with Crippen LogP contribution in [0.1, 0.15) is 91.9 Å². The van der Waals surface area contributed by atoms with Gasteiger partial charge in [0.1, 0.15) is 11.4 Å². The van der Waals surface area contributed by atoms with Crippen molar-refractivity contribution in [2.24, 2.45) is 0 Å². The Bertz CT molecular complexity index is 4040. The van der Waals surface area contributed by atoms with E-state index in [9.17, 15) is 53.3 Å². The van der Waals surface area contributed by atoms with Crippen molar-refractivity contribution in [3.05, 3.63) is 137 Å². The van der Waals surface area contributed by atoms with Crippen LogP contribution in [-0.4, -0.2) is 198 Å². The first kappa shape index (κ1) is 73.1. The predicted molar refractivity (Wildman–Crippen MR) is 351 cm³/mol. The first-order chi connectivity index (χ1) is 44.9. The molecule has 0 radical (unpaired) electrons. The van der Waals surface area contributed by atoms with E-state index in [1.165, 1.54) is 30.3 Å². The molecule has 0 aromatic heterocycles. The summed E-state index contributed by atoms with van der Waals surface area (Å²) in [7, 11) is -10.7. The zero-order chi connectivity index (χ0) is 67.8. The molecule has 0 bridgehead atoms. The lowest BCUT2D eigenvalue weighted by Crippen LogP contribution is -2.33. The van der Waals surface area contributed by atoms with Gasteiger partial charge < -0.3 is 47.6 Å². The van der Waals surface area contributed by atoms with E-state index in [0.717, 1.165) is 22.3 Å². The molecule has 27 heteroatoms. The number of ether oxygens (including phenoxy) is 8. The molecule has 24 nitrogen and oxygen atoms in total. The Morgan fingerprint density at radius 3 is 1.80 bits per heavy atom. The third-order valence-corrected chi connectivity index (χ3v) is 19.4. The molecular formula is C67H84N3O21S3+. The van der Waals surface area contributed by atoms with Gasteiger partial charge in [0.05, 0.1) is 101 Å². The highest BCUT2D eigenvalue weighted by atomic mass is 32.2. The normalized spacial score (nSPS) is 18.3. The summed E-state index contributed by atoms with van der Waals surface area (Å²) >= 11 is 0. The van der Waals surface area contributed by atoms with Crippen LogP contribution in [0.25, 0.3) is 27.1 Å². The van der Waals surface area contributed by atoms with Crippen LogP contribution < -0.4 is 4.90 Å². The molecule has 2 atom stereocenters. The number of carbonyl (C=O) groups is 3. The maximum Gasteiger partial charge on any atom is 0.363 e. The minimum Gasteiger partial charge on any atom is -0.382 e. The Hall–Kier alpha value is -6.67. The predicted octanol–water partition coefficient (Wildman–Crippen LogP) is 8.53. The maximum atomic E-state index is 13.7. The summed E-state index contributed by atoms with van der Waals surface area (Å²) in [6, 6.07) is 21.1. The highest BCUT2D eigenvalue weighted by molar-refractivity contribution is 7.86. The van der Waals surface area contributed by atoms with Crippen molar-refractivity contribution < 1.29 is 101 Å². The quantitative estimate of drug-likeness (QED) is 0.0110. The van der Waals surface area contributed by atoms with E-state index in [2.05, 4.69) is 11.8 Å². The zero-order valence-electron chi connectivity index (χ0n) is 53.8. The van der Waals surface area contributed by atoms with Gasteiger partial charge in [0.2, 0.25) is 5.69 Å². The summed E-state index contributed by atoms with van der Waals surface area (Å²) in [5.41, 5.74) is 3.99. The number of carbonyl (C=O) groups excluding carboxylic acids is 3. The van der Waals surface area contributed by atoms with Crippen molar-refractivity contribution >= 4 is 92.3 Å². The molecule has 0 saturated carbocycles.